The molecule has 0 aliphatic rings. The van der Waals surface area contributed by atoms with E-state index >= 15 is 0 Å². The number of hydrogen-bond donors (Lipinski definition) is 2. The van der Waals surface area contributed by atoms with Gasteiger partial charge in [0.15, 0.2) is 0 Å². The number of amides is 1. The number of hydrazone groups is 1. The highest BCUT2D eigenvalue weighted by Crippen LogP contribution is 2.08. The van der Waals surface area contributed by atoms with E-state index in [-0.39, 0.29) is 5.82 Å². The van der Waals surface area contributed by atoms with Crippen LogP contribution in [-0.4, -0.2) is 27.3 Å². The first-order valence-electron chi connectivity index (χ1n) is 4.70. The molecule has 0 aliphatic carbocycles. The van der Waals surface area contributed by atoms with Crippen LogP contribution in [0.3, 0.4) is 0 Å². The van der Waals surface area contributed by atoms with E-state index in [0.717, 1.165) is 9.13 Å². The van der Waals surface area contributed by atoms with Crippen molar-refractivity contribution in [3.05, 3.63) is 45.6 Å². The number of aromatic amines is 1. The van der Waals surface area contributed by atoms with Gasteiger partial charge in [0.05, 0.1) is 6.21 Å². The Morgan fingerprint density at radius 2 is 2.29 bits per heavy atom. The number of benzene rings is 1. The summed E-state index contributed by atoms with van der Waals surface area (Å²) in [7, 11) is 0. The summed E-state index contributed by atoms with van der Waals surface area (Å²) in [6, 6.07) is 7.71. The molecule has 86 valence electrons. The van der Waals surface area contributed by atoms with Gasteiger partial charge in [0.1, 0.15) is 6.33 Å². The van der Waals surface area contributed by atoms with Crippen molar-refractivity contribution in [2.75, 3.05) is 0 Å². The number of hydrogen-bond acceptors (Lipinski definition) is 4. The van der Waals surface area contributed by atoms with Crippen LogP contribution in [0.1, 0.15) is 16.2 Å². The zero-order valence-electron chi connectivity index (χ0n) is 8.59. The summed E-state index contributed by atoms with van der Waals surface area (Å²) in [5.41, 5.74) is 3.29. The summed E-state index contributed by atoms with van der Waals surface area (Å²) in [6.45, 7) is 0. The highest BCUT2D eigenvalue weighted by Gasteiger charge is 2.05. The first kappa shape index (κ1) is 11.7. The van der Waals surface area contributed by atoms with Gasteiger partial charge >= 0.3 is 5.91 Å². The van der Waals surface area contributed by atoms with Gasteiger partial charge in [-0.2, -0.15) is 10.2 Å². The lowest BCUT2D eigenvalue weighted by Gasteiger charge is -1.97. The summed E-state index contributed by atoms with van der Waals surface area (Å²) >= 11 is 2.20. The number of carbonyl (C=O) groups excluding carboxylic acids is 1. The van der Waals surface area contributed by atoms with Gasteiger partial charge in [-0.15, -0.1) is 0 Å². The van der Waals surface area contributed by atoms with Gasteiger partial charge in [-0.1, -0.05) is 18.2 Å². The van der Waals surface area contributed by atoms with Crippen molar-refractivity contribution in [1.29, 1.82) is 0 Å². The van der Waals surface area contributed by atoms with Crippen LogP contribution < -0.4 is 5.43 Å². The van der Waals surface area contributed by atoms with Crippen LogP contribution in [0.4, 0.5) is 0 Å². The first-order valence-corrected chi connectivity index (χ1v) is 5.78. The molecule has 2 N–H and O–H groups in total. The van der Waals surface area contributed by atoms with Crippen molar-refractivity contribution in [2.45, 2.75) is 0 Å². The Labute approximate surface area is 111 Å². The van der Waals surface area contributed by atoms with Gasteiger partial charge in [0.25, 0.3) is 0 Å². The fourth-order valence-electron chi connectivity index (χ4n) is 1.11. The summed E-state index contributed by atoms with van der Waals surface area (Å²) in [4.78, 5) is 15.1. The quantitative estimate of drug-likeness (QED) is 0.500. The molecule has 2 aromatic rings. The number of rotatable bonds is 3. The van der Waals surface area contributed by atoms with Crippen LogP contribution in [0, 0.1) is 3.57 Å². The minimum Gasteiger partial charge on any atom is -0.264 e. The predicted octanol–water partition coefficient (Wildman–Crippen LogP) is 1.17. The number of nitrogens with one attached hydrogen (secondary N) is 2. The standard InChI is InChI=1S/C10H8IN5O/c11-8-4-2-1-3-7(8)5-13-16-10(17)9-12-6-14-15-9/h1-6H,(H,16,17)(H,12,14,15). The second-order valence-corrected chi connectivity index (χ2v) is 4.22. The smallest absolute Gasteiger partial charge is 0.264 e. The normalized spacial score (nSPS) is 10.6. The number of nitrogens with zero attached hydrogens (tertiary/aromatic N) is 3. The van der Waals surface area contributed by atoms with E-state index in [2.05, 4.69) is 48.3 Å². The van der Waals surface area contributed by atoms with Crippen molar-refractivity contribution < 1.29 is 4.79 Å². The largest absolute Gasteiger partial charge is 0.308 e. The van der Waals surface area contributed by atoms with Gasteiger partial charge in [-0.3, -0.25) is 9.89 Å². The summed E-state index contributed by atoms with van der Waals surface area (Å²) in [5, 5.41) is 9.86. The van der Waals surface area contributed by atoms with Gasteiger partial charge in [0.2, 0.25) is 5.82 Å². The van der Waals surface area contributed by atoms with Crippen molar-refractivity contribution in [3.8, 4) is 0 Å². The number of H-pyrrole nitrogens is 1. The zero-order chi connectivity index (χ0) is 12.1. The van der Waals surface area contributed by atoms with E-state index in [1.165, 1.54) is 6.33 Å². The first-order chi connectivity index (χ1) is 8.27. The SMILES string of the molecule is O=C(NN=Cc1ccccc1I)c1ncn[nH]1. The molecule has 17 heavy (non-hydrogen) atoms. The third-order valence-corrected chi connectivity index (χ3v) is 2.89. The lowest BCUT2D eigenvalue weighted by Crippen LogP contribution is -2.19. The van der Waals surface area contributed by atoms with Gasteiger partial charge < -0.3 is 0 Å². The molecular weight excluding hydrogens is 333 g/mol. The molecule has 0 spiro atoms. The number of aromatic nitrogens is 3. The maximum atomic E-state index is 11.4. The maximum absolute atomic E-state index is 11.4. The van der Waals surface area contributed by atoms with Crippen molar-refractivity contribution in [3.63, 3.8) is 0 Å². The molecule has 0 saturated heterocycles. The third kappa shape index (κ3) is 3.09. The zero-order valence-corrected chi connectivity index (χ0v) is 10.7. The molecule has 0 aliphatic heterocycles. The monoisotopic (exact) mass is 341 g/mol. The lowest BCUT2D eigenvalue weighted by atomic mass is 10.2. The minimum atomic E-state index is -0.426. The Bertz CT molecular complexity index is 537. The molecule has 0 unspecified atom stereocenters. The Morgan fingerprint density at radius 1 is 1.47 bits per heavy atom. The van der Waals surface area contributed by atoms with Crippen molar-refractivity contribution >= 4 is 34.7 Å². The molecule has 0 fully saturated rings. The van der Waals surface area contributed by atoms with Gasteiger partial charge in [-0.25, -0.2) is 10.4 Å². The lowest BCUT2D eigenvalue weighted by molar-refractivity contribution is 0.0945. The Balaban J connectivity index is 1.99. The maximum Gasteiger partial charge on any atom is 0.308 e. The van der Waals surface area contributed by atoms with Crippen molar-refractivity contribution in [2.24, 2.45) is 5.10 Å². The third-order valence-electron chi connectivity index (χ3n) is 1.91. The van der Waals surface area contributed by atoms with E-state index < -0.39 is 5.91 Å². The minimum absolute atomic E-state index is 0.130. The highest BCUT2D eigenvalue weighted by molar-refractivity contribution is 14.1. The van der Waals surface area contributed by atoms with Crippen LogP contribution in [0.2, 0.25) is 0 Å². The molecule has 0 atom stereocenters. The summed E-state index contributed by atoms with van der Waals surface area (Å²) < 4.78 is 1.06. The second-order valence-electron chi connectivity index (χ2n) is 3.05. The number of carbonyl (C=O) groups is 1. The topological polar surface area (TPSA) is 83.0 Å². The van der Waals surface area contributed by atoms with Crippen LogP contribution in [0.25, 0.3) is 0 Å². The Hall–Kier alpha value is -1.77. The van der Waals surface area contributed by atoms with E-state index in [0.29, 0.717) is 0 Å². The predicted molar refractivity (Wildman–Crippen MR) is 70.6 cm³/mol. The van der Waals surface area contributed by atoms with E-state index in [1.807, 2.05) is 24.3 Å². The van der Waals surface area contributed by atoms with Crippen molar-refractivity contribution in [1.82, 2.24) is 20.6 Å². The van der Waals surface area contributed by atoms with Gasteiger partial charge in [0, 0.05) is 9.13 Å². The molecule has 1 aromatic heterocycles. The van der Waals surface area contributed by atoms with Crippen LogP contribution in [0.15, 0.2) is 35.7 Å². The Kier molecular flexibility index (Phi) is 3.81. The van der Waals surface area contributed by atoms with Crippen LogP contribution >= 0.6 is 22.6 Å². The molecule has 0 radical (unpaired) electrons. The summed E-state index contributed by atoms with van der Waals surface area (Å²) in [5.74, 6) is -0.297. The molecule has 7 heteroatoms. The molecule has 1 heterocycles. The van der Waals surface area contributed by atoms with E-state index in [1.54, 1.807) is 6.21 Å². The average molecular weight is 341 g/mol. The van der Waals surface area contributed by atoms with E-state index in [9.17, 15) is 4.79 Å². The Morgan fingerprint density at radius 3 is 3.00 bits per heavy atom. The van der Waals surface area contributed by atoms with Gasteiger partial charge in [-0.05, 0) is 28.7 Å². The summed E-state index contributed by atoms with van der Waals surface area (Å²) in [6.07, 6.45) is 2.84. The molecule has 2 rings (SSSR count). The molecule has 6 nitrogen and oxygen atoms in total. The van der Waals surface area contributed by atoms with Crippen LogP contribution in [-0.2, 0) is 0 Å². The average Bonchev–Trinajstić information content (AvgIpc) is 2.85. The molecule has 1 amide bonds. The molecular formula is C10H8IN5O. The number of halogens is 1. The fourth-order valence-corrected chi connectivity index (χ4v) is 1.63. The van der Waals surface area contributed by atoms with E-state index in [4.69, 9.17) is 0 Å². The molecule has 1 aromatic carbocycles. The highest BCUT2D eigenvalue weighted by atomic mass is 127. The second kappa shape index (κ2) is 5.53. The molecule has 0 bridgehead atoms. The van der Waals surface area contributed by atoms with Crippen LogP contribution in [0.5, 0.6) is 0 Å². The molecule has 0 saturated carbocycles. The fraction of sp³-hybridized carbons (Fsp3) is 0.